The largest absolute Gasteiger partial charge is 0.379 e. The van der Waals surface area contributed by atoms with Crippen LogP contribution < -0.4 is 5.73 Å². The van der Waals surface area contributed by atoms with Gasteiger partial charge in [0.2, 0.25) is 0 Å². The number of aromatic nitrogens is 2. The lowest BCUT2D eigenvalue weighted by Gasteiger charge is -2.44. The fourth-order valence-electron chi connectivity index (χ4n) is 2.98. The first-order valence-electron chi connectivity index (χ1n) is 8.13. The number of hydrogen-bond acceptors (Lipinski definition) is 4. The van der Waals surface area contributed by atoms with Crippen molar-refractivity contribution >= 4 is 0 Å². The minimum atomic E-state index is -0.0288. The highest BCUT2D eigenvalue weighted by Gasteiger charge is 2.34. The van der Waals surface area contributed by atoms with E-state index < -0.39 is 0 Å². The normalized spacial score (nSPS) is 18.9. The maximum atomic E-state index is 6.57. The molecule has 120 valence electrons. The monoisotopic (exact) mass is 294 g/mol. The van der Waals surface area contributed by atoms with Crippen LogP contribution in [0.3, 0.4) is 0 Å². The van der Waals surface area contributed by atoms with E-state index in [1.54, 1.807) is 0 Å². The molecule has 1 aromatic rings. The molecule has 2 rings (SSSR count). The molecule has 2 heterocycles. The van der Waals surface area contributed by atoms with Gasteiger partial charge in [-0.05, 0) is 33.3 Å². The van der Waals surface area contributed by atoms with Gasteiger partial charge in [0.05, 0.1) is 18.9 Å². The number of nitrogens with two attached hydrogens (primary N) is 1. The van der Waals surface area contributed by atoms with Gasteiger partial charge < -0.3 is 10.5 Å². The Kier molecular flexibility index (Phi) is 5.41. The summed E-state index contributed by atoms with van der Waals surface area (Å²) in [6.07, 6.45) is 1.84. The average molecular weight is 294 g/mol. The number of rotatable bonds is 6. The van der Waals surface area contributed by atoms with Crippen LogP contribution in [-0.2, 0) is 24.1 Å². The standard InChI is InChI=1S/C16H30N4O/c1-5-13-11-14(20(6-2)18-13)12-15(17)16(3,4)19-7-9-21-10-8-19/h11,15H,5-10,12,17H2,1-4H3. The lowest BCUT2D eigenvalue weighted by molar-refractivity contribution is -0.0187. The van der Waals surface area contributed by atoms with Crippen molar-refractivity contribution in [2.45, 2.75) is 58.7 Å². The van der Waals surface area contributed by atoms with Gasteiger partial charge >= 0.3 is 0 Å². The summed E-state index contributed by atoms with van der Waals surface area (Å²) in [5, 5.41) is 4.62. The molecule has 0 radical (unpaired) electrons. The Morgan fingerprint density at radius 1 is 1.33 bits per heavy atom. The van der Waals surface area contributed by atoms with Crippen LogP contribution in [0.1, 0.15) is 39.1 Å². The molecule has 5 nitrogen and oxygen atoms in total. The van der Waals surface area contributed by atoms with E-state index in [1.165, 1.54) is 5.69 Å². The van der Waals surface area contributed by atoms with Gasteiger partial charge in [0.15, 0.2) is 0 Å². The Morgan fingerprint density at radius 2 is 2.00 bits per heavy atom. The lowest BCUT2D eigenvalue weighted by atomic mass is 9.89. The first kappa shape index (κ1) is 16.5. The summed E-state index contributed by atoms with van der Waals surface area (Å²) in [7, 11) is 0. The molecule has 0 spiro atoms. The topological polar surface area (TPSA) is 56.3 Å². The van der Waals surface area contributed by atoms with E-state index in [0.29, 0.717) is 0 Å². The molecule has 1 fully saturated rings. The fraction of sp³-hybridized carbons (Fsp3) is 0.812. The van der Waals surface area contributed by atoms with Crippen molar-refractivity contribution < 1.29 is 4.74 Å². The van der Waals surface area contributed by atoms with Crippen molar-refractivity contribution in [2.75, 3.05) is 26.3 Å². The SMILES string of the molecule is CCc1cc(CC(N)C(C)(C)N2CCOCC2)n(CC)n1. The van der Waals surface area contributed by atoms with E-state index >= 15 is 0 Å². The first-order chi connectivity index (χ1) is 9.98. The van der Waals surface area contributed by atoms with Crippen molar-refractivity contribution in [2.24, 2.45) is 5.73 Å². The summed E-state index contributed by atoms with van der Waals surface area (Å²) in [6.45, 7) is 13.2. The number of ether oxygens (including phenoxy) is 1. The predicted octanol–water partition coefficient (Wildman–Crippen LogP) is 1.45. The molecule has 1 saturated heterocycles. The maximum absolute atomic E-state index is 6.57. The Bertz CT molecular complexity index is 449. The molecule has 1 unspecified atom stereocenters. The summed E-state index contributed by atoms with van der Waals surface area (Å²) in [5.74, 6) is 0. The average Bonchev–Trinajstić information content (AvgIpc) is 2.90. The van der Waals surface area contributed by atoms with Crippen LogP contribution in [-0.4, -0.2) is 52.6 Å². The third-order valence-electron chi connectivity index (χ3n) is 4.74. The molecule has 1 aliphatic heterocycles. The van der Waals surface area contributed by atoms with Crippen LogP contribution >= 0.6 is 0 Å². The summed E-state index contributed by atoms with van der Waals surface area (Å²) >= 11 is 0. The minimum absolute atomic E-state index is 0.0288. The van der Waals surface area contributed by atoms with Gasteiger partial charge in [0.25, 0.3) is 0 Å². The maximum Gasteiger partial charge on any atom is 0.0624 e. The van der Waals surface area contributed by atoms with E-state index in [2.05, 4.69) is 48.4 Å². The van der Waals surface area contributed by atoms with Crippen LogP contribution in [0, 0.1) is 0 Å². The zero-order valence-electron chi connectivity index (χ0n) is 13.9. The smallest absolute Gasteiger partial charge is 0.0624 e. The van der Waals surface area contributed by atoms with Crippen molar-refractivity contribution in [3.8, 4) is 0 Å². The van der Waals surface area contributed by atoms with Crippen LogP contribution in [0.15, 0.2) is 6.07 Å². The molecule has 1 atom stereocenters. The molecular weight excluding hydrogens is 264 g/mol. The van der Waals surface area contributed by atoms with Gasteiger partial charge in [0.1, 0.15) is 0 Å². The molecule has 21 heavy (non-hydrogen) atoms. The molecule has 0 aromatic carbocycles. The van der Waals surface area contributed by atoms with E-state index in [-0.39, 0.29) is 11.6 Å². The molecule has 1 aliphatic rings. The summed E-state index contributed by atoms with van der Waals surface area (Å²) in [5.41, 5.74) is 8.94. The van der Waals surface area contributed by atoms with Crippen LogP contribution in [0.2, 0.25) is 0 Å². The lowest BCUT2D eigenvalue weighted by Crippen LogP contribution is -2.59. The zero-order valence-corrected chi connectivity index (χ0v) is 13.9. The Labute approximate surface area is 128 Å². The first-order valence-corrected chi connectivity index (χ1v) is 8.13. The van der Waals surface area contributed by atoms with Crippen LogP contribution in [0.25, 0.3) is 0 Å². The van der Waals surface area contributed by atoms with Gasteiger partial charge in [-0.1, -0.05) is 6.92 Å². The van der Waals surface area contributed by atoms with E-state index in [0.717, 1.165) is 51.4 Å². The number of hydrogen-bond donors (Lipinski definition) is 1. The Morgan fingerprint density at radius 3 is 2.57 bits per heavy atom. The van der Waals surface area contributed by atoms with E-state index in [9.17, 15) is 0 Å². The Hall–Kier alpha value is -0.910. The third-order valence-corrected chi connectivity index (χ3v) is 4.74. The summed E-state index contributed by atoms with van der Waals surface area (Å²) in [6, 6.07) is 2.29. The number of morpholine rings is 1. The number of nitrogens with zero attached hydrogens (tertiary/aromatic N) is 3. The highest BCUT2D eigenvalue weighted by atomic mass is 16.5. The van der Waals surface area contributed by atoms with Crippen molar-refractivity contribution in [3.05, 3.63) is 17.5 Å². The molecule has 0 saturated carbocycles. The molecule has 1 aromatic heterocycles. The van der Waals surface area contributed by atoms with E-state index in [1.807, 2.05) is 0 Å². The Balaban J connectivity index is 2.08. The third kappa shape index (κ3) is 3.65. The van der Waals surface area contributed by atoms with E-state index in [4.69, 9.17) is 10.5 Å². The molecule has 2 N–H and O–H groups in total. The molecule has 0 bridgehead atoms. The van der Waals surface area contributed by atoms with Gasteiger partial charge in [-0.3, -0.25) is 9.58 Å². The molecular formula is C16H30N4O. The molecule has 0 amide bonds. The second-order valence-corrected chi connectivity index (χ2v) is 6.36. The highest BCUT2D eigenvalue weighted by Crippen LogP contribution is 2.22. The quantitative estimate of drug-likeness (QED) is 0.863. The van der Waals surface area contributed by atoms with Crippen molar-refractivity contribution in [1.29, 1.82) is 0 Å². The molecule has 0 aliphatic carbocycles. The van der Waals surface area contributed by atoms with Gasteiger partial charge in [0, 0.05) is 43.3 Å². The predicted molar refractivity (Wildman–Crippen MR) is 85.4 cm³/mol. The van der Waals surface area contributed by atoms with Crippen molar-refractivity contribution in [1.82, 2.24) is 14.7 Å². The van der Waals surface area contributed by atoms with Crippen molar-refractivity contribution in [3.63, 3.8) is 0 Å². The van der Waals surface area contributed by atoms with Crippen LogP contribution in [0.4, 0.5) is 0 Å². The summed E-state index contributed by atoms with van der Waals surface area (Å²) < 4.78 is 7.54. The van der Waals surface area contributed by atoms with Gasteiger partial charge in [-0.25, -0.2) is 0 Å². The van der Waals surface area contributed by atoms with Gasteiger partial charge in [-0.15, -0.1) is 0 Å². The van der Waals surface area contributed by atoms with Crippen LogP contribution in [0.5, 0.6) is 0 Å². The number of aryl methyl sites for hydroxylation is 2. The van der Waals surface area contributed by atoms with Gasteiger partial charge in [-0.2, -0.15) is 5.10 Å². The molecule has 5 heteroatoms. The second-order valence-electron chi connectivity index (χ2n) is 6.36. The zero-order chi connectivity index (χ0) is 15.5. The minimum Gasteiger partial charge on any atom is -0.379 e. The fourth-order valence-corrected chi connectivity index (χ4v) is 2.98. The summed E-state index contributed by atoms with van der Waals surface area (Å²) in [4.78, 5) is 2.45. The second kappa shape index (κ2) is 6.90. The highest BCUT2D eigenvalue weighted by molar-refractivity contribution is 5.13.